The van der Waals surface area contributed by atoms with Crippen molar-refractivity contribution in [1.82, 2.24) is 4.98 Å². The van der Waals surface area contributed by atoms with Crippen LogP contribution in [0.25, 0.3) is 0 Å². The van der Waals surface area contributed by atoms with E-state index in [-0.39, 0.29) is 12.1 Å². The summed E-state index contributed by atoms with van der Waals surface area (Å²) in [6.45, 7) is 2.01. The first-order valence-electron chi connectivity index (χ1n) is 6.84. The van der Waals surface area contributed by atoms with Gasteiger partial charge in [0.2, 0.25) is 5.91 Å². The molecule has 110 valence electrons. The lowest BCUT2D eigenvalue weighted by Crippen LogP contribution is -2.31. The third-order valence-electron chi connectivity index (χ3n) is 3.30. The quantitative estimate of drug-likeness (QED) is 0.849. The van der Waals surface area contributed by atoms with Crippen LogP contribution in [0.2, 0.25) is 0 Å². The van der Waals surface area contributed by atoms with Crippen LogP contribution in [-0.2, 0) is 0 Å². The molecule has 1 amide bonds. The van der Waals surface area contributed by atoms with Crippen molar-refractivity contribution < 1.29 is 9.53 Å². The van der Waals surface area contributed by atoms with Gasteiger partial charge in [-0.15, -0.1) is 0 Å². The molecule has 21 heavy (non-hydrogen) atoms. The van der Waals surface area contributed by atoms with Crippen molar-refractivity contribution in [3.05, 3.63) is 59.9 Å². The second kappa shape index (κ2) is 6.85. The standard InChI is InChI=1S/C16H19N3O2/c1-2-14(17)15(11-7-9-19-10-8-11)21-13-5-3-12(4-6-13)16(18)20/h3-10,14-15H,2,17H2,1H3,(H2,18,20). The highest BCUT2D eigenvalue weighted by atomic mass is 16.5. The number of carbonyl (C=O) groups is 1. The Labute approximate surface area is 123 Å². The van der Waals surface area contributed by atoms with Gasteiger partial charge >= 0.3 is 0 Å². The van der Waals surface area contributed by atoms with Crippen LogP contribution >= 0.6 is 0 Å². The fourth-order valence-corrected chi connectivity index (χ4v) is 2.01. The molecule has 1 aromatic heterocycles. The highest BCUT2D eigenvalue weighted by Gasteiger charge is 2.20. The third-order valence-corrected chi connectivity index (χ3v) is 3.30. The number of hydrogen-bond donors (Lipinski definition) is 2. The molecular formula is C16H19N3O2. The minimum atomic E-state index is -0.461. The second-order valence-electron chi connectivity index (χ2n) is 4.78. The molecule has 2 rings (SSSR count). The van der Waals surface area contributed by atoms with Crippen LogP contribution in [-0.4, -0.2) is 16.9 Å². The number of benzene rings is 1. The highest BCUT2D eigenvalue weighted by molar-refractivity contribution is 5.92. The van der Waals surface area contributed by atoms with E-state index in [0.29, 0.717) is 11.3 Å². The Balaban J connectivity index is 2.21. The van der Waals surface area contributed by atoms with Gasteiger partial charge < -0.3 is 16.2 Å². The fraction of sp³-hybridized carbons (Fsp3) is 0.250. The molecule has 0 aliphatic heterocycles. The molecule has 5 heteroatoms. The Morgan fingerprint density at radius 2 is 1.81 bits per heavy atom. The molecule has 2 aromatic rings. The van der Waals surface area contributed by atoms with E-state index in [1.54, 1.807) is 36.7 Å². The number of amides is 1. The van der Waals surface area contributed by atoms with Crippen LogP contribution < -0.4 is 16.2 Å². The summed E-state index contributed by atoms with van der Waals surface area (Å²) >= 11 is 0. The molecule has 1 aromatic carbocycles. The van der Waals surface area contributed by atoms with E-state index >= 15 is 0 Å². The molecule has 2 unspecified atom stereocenters. The molecule has 0 radical (unpaired) electrons. The number of nitrogens with zero attached hydrogens (tertiary/aromatic N) is 1. The summed E-state index contributed by atoms with van der Waals surface area (Å²) in [5, 5.41) is 0. The summed E-state index contributed by atoms with van der Waals surface area (Å²) < 4.78 is 5.98. The van der Waals surface area contributed by atoms with Gasteiger partial charge in [-0.05, 0) is 48.4 Å². The van der Waals surface area contributed by atoms with Gasteiger partial charge in [0.05, 0.1) is 0 Å². The number of pyridine rings is 1. The van der Waals surface area contributed by atoms with Gasteiger partial charge in [-0.3, -0.25) is 9.78 Å². The summed E-state index contributed by atoms with van der Waals surface area (Å²) in [5.74, 6) is 0.184. The van der Waals surface area contributed by atoms with E-state index in [1.165, 1.54) is 0 Å². The molecule has 0 saturated heterocycles. The van der Waals surface area contributed by atoms with E-state index < -0.39 is 5.91 Å². The summed E-state index contributed by atoms with van der Waals surface area (Å²) in [5.41, 5.74) is 12.8. The molecule has 1 heterocycles. The molecule has 0 fully saturated rings. The van der Waals surface area contributed by atoms with Gasteiger partial charge in [-0.1, -0.05) is 6.92 Å². The summed E-state index contributed by atoms with van der Waals surface area (Å²) in [6, 6.07) is 10.4. The topological polar surface area (TPSA) is 91.2 Å². The van der Waals surface area contributed by atoms with Crippen LogP contribution in [0.5, 0.6) is 5.75 Å². The number of primary amides is 1. The maximum atomic E-state index is 11.1. The predicted octanol–water partition coefficient (Wildman–Crippen LogP) is 2.04. The zero-order valence-corrected chi connectivity index (χ0v) is 11.9. The molecular weight excluding hydrogens is 266 g/mol. The maximum Gasteiger partial charge on any atom is 0.248 e. The number of ether oxygens (including phenoxy) is 1. The van der Waals surface area contributed by atoms with Crippen molar-refractivity contribution >= 4 is 5.91 Å². The van der Waals surface area contributed by atoms with Crippen molar-refractivity contribution in [2.75, 3.05) is 0 Å². The molecule has 0 aliphatic rings. The fourth-order valence-electron chi connectivity index (χ4n) is 2.01. The number of rotatable bonds is 6. The molecule has 0 saturated carbocycles. The molecule has 0 spiro atoms. The predicted molar refractivity (Wildman–Crippen MR) is 80.8 cm³/mol. The Bertz CT molecular complexity index is 584. The monoisotopic (exact) mass is 285 g/mol. The molecule has 0 aliphatic carbocycles. The smallest absolute Gasteiger partial charge is 0.248 e. The van der Waals surface area contributed by atoms with Crippen molar-refractivity contribution in [2.24, 2.45) is 11.5 Å². The van der Waals surface area contributed by atoms with Crippen LogP contribution in [0.3, 0.4) is 0 Å². The Hall–Kier alpha value is -2.40. The number of nitrogens with two attached hydrogens (primary N) is 2. The van der Waals surface area contributed by atoms with Crippen LogP contribution in [0, 0.1) is 0 Å². The molecule has 4 N–H and O–H groups in total. The first-order valence-corrected chi connectivity index (χ1v) is 6.84. The SMILES string of the molecule is CCC(N)C(Oc1ccc(C(N)=O)cc1)c1ccncc1. The van der Waals surface area contributed by atoms with E-state index in [4.69, 9.17) is 16.2 Å². The minimum Gasteiger partial charge on any atom is -0.484 e. The van der Waals surface area contributed by atoms with Crippen LogP contribution in [0.15, 0.2) is 48.8 Å². The minimum absolute atomic E-state index is 0.136. The molecule has 5 nitrogen and oxygen atoms in total. The van der Waals surface area contributed by atoms with Crippen molar-refractivity contribution in [1.29, 1.82) is 0 Å². The van der Waals surface area contributed by atoms with Gasteiger partial charge in [0.15, 0.2) is 0 Å². The van der Waals surface area contributed by atoms with E-state index in [2.05, 4.69) is 4.98 Å². The van der Waals surface area contributed by atoms with Crippen molar-refractivity contribution in [2.45, 2.75) is 25.5 Å². The summed E-state index contributed by atoms with van der Waals surface area (Å²) in [4.78, 5) is 15.1. The van der Waals surface area contributed by atoms with Gasteiger partial charge in [0.25, 0.3) is 0 Å². The number of aromatic nitrogens is 1. The zero-order chi connectivity index (χ0) is 15.2. The third kappa shape index (κ3) is 3.79. The lowest BCUT2D eigenvalue weighted by molar-refractivity contribution is 0.1000. The van der Waals surface area contributed by atoms with Gasteiger partial charge in [0.1, 0.15) is 11.9 Å². The van der Waals surface area contributed by atoms with E-state index in [9.17, 15) is 4.79 Å². The number of carbonyl (C=O) groups excluding carboxylic acids is 1. The van der Waals surface area contributed by atoms with Crippen LogP contribution in [0.1, 0.15) is 35.4 Å². The normalized spacial score (nSPS) is 13.4. The number of hydrogen-bond acceptors (Lipinski definition) is 4. The van der Waals surface area contributed by atoms with Gasteiger partial charge in [-0.25, -0.2) is 0 Å². The maximum absolute atomic E-state index is 11.1. The van der Waals surface area contributed by atoms with Gasteiger partial charge in [-0.2, -0.15) is 0 Å². The van der Waals surface area contributed by atoms with Crippen molar-refractivity contribution in [3.63, 3.8) is 0 Å². The first-order chi connectivity index (χ1) is 10.1. The van der Waals surface area contributed by atoms with Crippen molar-refractivity contribution in [3.8, 4) is 5.75 Å². The highest BCUT2D eigenvalue weighted by Crippen LogP contribution is 2.25. The van der Waals surface area contributed by atoms with E-state index in [1.807, 2.05) is 19.1 Å². The summed E-state index contributed by atoms with van der Waals surface area (Å²) in [7, 11) is 0. The zero-order valence-electron chi connectivity index (χ0n) is 11.9. The lowest BCUT2D eigenvalue weighted by atomic mass is 10.0. The van der Waals surface area contributed by atoms with Crippen LogP contribution in [0.4, 0.5) is 0 Å². The second-order valence-corrected chi connectivity index (χ2v) is 4.78. The average molecular weight is 285 g/mol. The molecule has 2 atom stereocenters. The Morgan fingerprint density at radius 3 is 2.33 bits per heavy atom. The Kier molecular flexibility index (Phi) is 4.90. The van der Waals surface area contributed by atoms with Gasteiger partial charge in [0, 0.05) is 24.0 Å². The average Bonchev–Trinajstić information content (AvgIpc) is 2.53. The van der Waals surface area contributed by atoms with E-state index in [0.717, 1.165) is 12.0 Å². The molecule has 0 bridgehead atoms. The lowest BCUT2D eigenvalue weighted by Gasteiger charge is -2.24. The summed E-state index contributed by atoms with van der Waals surface area (Å²) in [6.07, 6.45) is 3.94. The largest absolute Gasteiger partial charge is 0.484 e. The first kappa shape index (κ1) is 15.0. The Morgan fingerprint density at radius 1 is 1.19 bits per heavy atom.